The van der Waals surface area contributed by atoms with Crippen LogP contribution in [0.25, 0.3) is 23.1 Å². The number of hydrogen-bond donors (Lipinski definition) is 0. The Kier molecular flexibility index (Phi) is 3.51. The minimum absolute atomic E-state index is 0.279. The zero-order valence-electron chi connectivity index (χ0n) is 11.4. The molecule has 0 atom stereocenters. The van der Waals surface area contributed by atoms with Crippen LogP contribution in [0.4, 0.5) is 0 Å². The summed E-state index contributed by atoms with van der Waals surface area (Å²) in [6.45, 7) is 0. The van der Waals surface area contributed by atoms with Gasteiger partial charge in [0.1, 0.15) is 11.3 Å². The van der Waals surface area contributed by atoms with E-state index in [0.717, 1.165) is 11.3 Å². The van der Waals surface area contributed by atoms with E-state index in [9.17, 15) is 4.79 Å². The van der Waals surface area contributed by atoms with E-state index in [0.29, 0.717) is 11.0 Å². The minimum atomic E-state index is -0.290. The molecule has 104 valence electrons. The number of rotatable bonds is 3. The van der Waals surface area contributed by atoms with Crippen LogP contribution in [0.5, 0.6) is 5.75 Å². The van der Waals surface area contributed by atoms with Crippen molar-refractivity contribution in [3.63, 3.8) is 0 Å². The average molecular weight is 279 g/mol. The van der Waals surface area contributed by atoms with Crippen LogP contribution >= 0.6 is 0 Å². The summed E-state index contributed by atoms with van der Waals surface area (Å²) in [5.41, 5.74) is 1.18. The van der Waals surface area contributed by atoms with Crippen molar-refractivity contribution in [1.29, 1.82) is 0 Å². The Morgan fingerprint density at radius 3 is 2.81 bits per heavy atom. The van der Waals surface area contributed by atoms with Gasteiger partial charge in [0.05, 0.1) is 12.5 Å². The van der Waals surface area contributed by atoms with E-state index in [1.54, 1.807) is 31.4 Å². The highest BCUT2D eigenvalue weighted by Crippen LogP contribution is 2.16. The van der Waals surface area contributed by atoms with Crippen molar-refractivity contribution < 1.29 is 9.15 Å². The summed E-state index contributed by atoms with van der Waals surface area (Å²) in [6, 6.07) is 14.6. The second-order valence-electron chi connectivity index (χ2n) is 4.46. The Morgan fingerprint density at radius 2 is 1.95 bits per heavy atom. The van der Waals surface area contributed by atoms with Crippen LogP contribution in [0.15, 0.2) is 57.7 Å². The quantitative estimate of drug-likeness (QED) is 0.737. The number of hydrogen-bond acceptors (Lipinski definition) is 4. The molecule has 0 fully saturated rings. The zero-order chi connectivity index (χ0) is 14.7. The van der Waals surface area contributed by atoms with Crippen LogP contribution < -0.4 is 10.3 Å². The molecular weight excluding hydrogens is 266 g/mol. The summed E-state index contributed by atoms with van der Waals surface area (Å²) in [5.74, 6) is 1.05. The van der Waals surface area contributed by atoms with Crippen molar-refractivity contribution in [2.45, 2.75) is 0 Å². The first-order valence-corrected chi connectivity index (χ1v) is 6.48. The number of ether oxygens (including phenoxy) is 1. The maximum absolute atomic E-state index is 11.9. The van der Waals surface area contributed by atoms with Gasteiger partial charge in [-0.15, -0.1) is 0 Å². The number of para-hydroxylation sites is 1. The van der Waals surface area contributed by atoms with Crippen LogP contribution in [-0.2, 0) is 0 Å². The summed E-state index contributed by atoms with van der Waals surface area (Å²) in [6.07, 6.45) is 3.49. The third-order valence-electron chi connectivity index (χ3n) is 3.06. The van der Waals surface area contributed by atoms with E-state index in [1.807, 2.05) is 36.4 Å². The van der Waals surface area contributed by atoms with Gasteiger partial charge < -0.3 is 9.15 Å². The van der Waals surface area contributed by atoms with Crippen molar-refractivity contribution in [2.75, 3.05) is 7.11 Å². The van der Waals surface area contributed by atoms with Gasteiger partial charge in [-0.3, -0.25) is 4.79 Å². The van der Waals surface area contributed by atoms with E-state index >= 15 is 0 Å². The van der Waals surface area contributed by atoms with Gasteiger partial charge >= 0.3 is 0 Å². The fourth-order valence-corrected chi connectivity index (χ4v) is 2.01. The first kappa shape index (κ1) is 13.1. The molecule has 1 aromatic heterocycles. The van der Waals surface area contributed by atoms with Crippen LogP contribution in [0.1, 0.15) is 11.5 Å². The summed E-state index contributed by atoms with van der Waals surface area (Å²) in [5, 5.41) is 0.482. The Bertz CT molecular complexity index is 865. The monoisotopic (exact) mass is 279 g/mol. The molecule has 1 heterocycles. The summed E-state index contributed by atoms with van der Waals surface area (Å²) < 4.78 is 10.8. The van der Waals surface area contributed by atoms with E-state index < -0.39 is 0 Å². The van der Waals surface area contributed by atoms with Crippen LogP contribution in [-0.4, -0.2) is 12.1 Å². The molecular formula is C17H13NO3. The van der Waals surface area contributed by atoms with Gasteiger partial charge in [0.15, 0.2) is 0 Å². The molecule has 0 N–H and O–H groups in total. The molecule has 0 bridgehead atoms. The van der Waals surface area contributed by atoms with Crippen molar-refractivity contribution in [1.82, 2.24) is 4.98 Å². The van der Waals surface area contributed by atoms with Gasteiger partial charge in [-0.2, -0.15) is 4.98 Å². The molecule has 2 aromatic carbocycles. The molecule has 0 aliphatic heterocycles. The smallest absolute Gasteiger partial charge is 0.284 e. The van der Waals surface area contributed by atoms with Gasteiger partial charge in [0.2, 0.25) is 5.89 Å². The number of benzene rings is 2. The second kappa shape index (κ2) is 5.63. The SMILES string of the molecule is COc1cccc(/C=C/c2nc(=O)c3ccccc3o2)c1. The summed E-state index contributed by atoms with van der Waals surface area (Å²) in [4.78, 5) is 15.8. The standard InChI is InChI=1S/C17H13NO3/c1-20-13-6-4-5-12(11-13)9-10-16-18-17(19)14-7-2-3-8-15(14)21-16/h2-11H,1H3/b10-9+. The molecule has 0 aliphatic carbocycles. The average Bonchev–Trinajstić information content (AvgIpc) is 2.53. The number of fused-ring (bicyclic) bond motifs is 1. The highest BCUT2D eigenvalue weighted by Gasteiger charge is 2.03. The van der Waals surface area contributed by atoms with E-state index in [4.69, 9.17) is 9.15 Å². The third-order valence-corrected chi connectivity index (χ3v) is 3.06. The molecule has 0 aliphatic rings. The molecule has 0 radical (unpaired) electrons. The Labute approximate surface area is 121 Å². The maximum Gasteiger partial charge on any atom is 0.284 e. The summed E-state index contributed by atoms with van der Waals surface area (Å²) in [7, 11) is 1.62. The van der Waals surface area contributed by atoms with Crippen molar-refractivity contribution >= 4 is 23.1 Å². The van der Waals surface area contributed by atoms with E-state index in [1.165, 1.54) is 0 Å². The molecule has 0 saturated carbocycles. The third kappa shape index (κ3) is 2.84. The molecule has 0 saturated heterocycles. The normalized spacial score (nSPS) is 11.1. The molecule has 0 amide bonds. The predicted molar refractivity (Wildman–Crippen MR) is 82.2 cm³/mol. The Morgan fingerprint density at radius 1 is 1.10 bits per heavy atom. The topological polar surface area (TPSA) is 52.3 Å². The lowest BCUT2D eigenvalue weighted by Crippen LogP contribution is -2.06. The second-order valence-corrected chi connectivity index (χ2v) is 4.46. The molecule has 4 heteroatoms. The lowest BCUT2D eigenvalue weighted by atomic mass is 10.2. The van der Waals surface area contributed by atoms with Crippen LogP contribution in [0.2, 0.25) is 0 Å². The van der Waals surface area contributed by atoms with Gasteiger partial charge in [0, 0.05) is 6.08 Å². The fourth-order valence-electron chi connectivity index (χ4n) is 2.01. The van der Waals surface area contributed by atoms with Gasteiger partial charge in [-0.1, -0.05) is 24.3 Å². The van der Waals surface area contributed by atoms with E-state index in [-0.39, 0.29) is 11.4 Å². The molecule has 3 rings (SSSR count). The van der Waals surface area contributed by atoms with Gasteiger partial charge in [-0.25, -0.2) is 0 Å². The van der Waals surface area contributed by atoms with Crippen LogP contribution in [0, 0.1) is 0 Å². The number of aromatic nitrogens is 1. The zero-order valence-corrected chi connectivity index (χ0v) is 11.4. The highest BCUT2D eigenvalue weighted by molar-refractivity contribution is 5.76. The molecule has 4 nitrogen and oxygen atoms in total. The minimum Gasteiger partial charge on any atom is -0.497 e. The van der Waals surface area contributed by atoms with Crippen molar-refractivity contribution in [3.8, 4) is 5.75 Å². The first-order valence-electron chi connectivity index (χ1n) is 6.48. The Balaban J connectivity index is 1.97. The lowest BCUT2D eigenvalue weighted by Gasteiger charge is -2.00. The first-order chi connectivity index (χ1) is 10.3. The maximum atomic E-state index is 11.9. The molecule has 0 spiro atoms. The van der Waals surface area contributed by atoms with Gasteiger partial charge in [0.25, 0.3) is 5.56 Å². The van der Waals surface area contributed by atoms with Gasteiger partial charge in [-0.05, 0) is 35.9 Å². The molecule has 21 heavy (non-hydrogen) atoms. The van der Waals surface area contributed by atoms with E-state index in [2.05, 4.69) is 4.98 Å². The lowest BCUT2D eigenvalue weighted by molar-refractivity contribution is 0.414. The van der Waals surface area contributed by atoms with Crippen LogP contribution in [0.3, 0.4) is 0 Å². The Hall–Kier alpha value is -2.88. The number of methoxy groups -OCH3 is 1. The summed E-state index contributed by atoms with van der Waals surface area (Å²) >= 11 is 0. The number of nitrogens with zero attached hydrogens (tertiary/aromatic N) is 1. The highest BCUT2D eigenvalue weighted by atomic mass is 16.5. The largest absolute Gasteiger partial charge is 0.497 e. The molecule has 3 aromatic rings. The van der Waals surface area contributed by atoms with Crippen molar-refractivity contribution in [3.05, 3.63) is 70.3 Å². The fraction of sp³-hybridized carbons (Fsp3) is 0.0588. The predicted octanol–water partition coefficient (Wildman–Crippen LogP) is 3.37. The molecule has 0 unspecified atom stereocenters. The van der Waals surface area contributed by atoms with Crippen molar-refractivity contribution in [2.24, 2.45) is 0 Å².